The Morgan fingerprint density at radius 3 is 2.29 bits per heavy atom. The lowest BCUT2D eigenvalue weighted by Gasteiger charge is -2.34. The third-order valence-electron chi connectivity index (χ3n) is 6.49. The first-order chi connectivity index (χ1) is 15.2. The molecule has 0 radical (unpaired) electrons. The Kier molecular flexibility index (Phi) is 7.76. The summed E-state index contributed by atoms with van der Waals surface area (Å²) < 4.78 is 0. The molecule has 2 saturated heterocycles. The van der Waals surface area contributed by atoms with E-state index in [9.17, 15) is 9.59 Å². The third kappa shape index (κ3) is 5.95. The Bertz CT molecular complexity index is 824. The molecule has 2 fully saturated rings. The van der Waals surface area contributed by atoms with Gasteiger partial charge < -0.3 is 10.2 Å². The minimum absolute atomic E-state index is 0.0412. The highest BCUT2D eigenvalue weighted by Gasteiger charge is 2.29. The van der Waals surface area contributed by atoms with Gasteiger partial charge in [-0.3, -0.25) is 14.5 Å². The molecule has 1 N–H and O–H groups in total. The van der Waals surface area contributed by atoms with Gasteiger partial charge in [0.1, 0.15) is 0 Å². The fraction of sp³-hybridized carbons (Fsp3) is 0.520. The predicted octanol–water partition coefficient (Wildman–Crippen LogP) is 4.07. The van der Waals surface area contributed by atoms with Crippen LogP contribution in [-0.4, -0.2) is 54.3 Å². The zero-order valence-corrected chi connectivity index (χ0v) is 19.0. The molecule has 0 spiro atoms. The van der Waals surface area contributed by atoms with Crippen molar-refractivity contribution in [2.45, 2.75) is 44.6 Å². The average Bonchev–Trinajstić information content (AvgIpc) is 3.20. The van der Waals surface area contributed by atoms with Crippen LogP contribution in [0.1, 0.15) is 55.0 Å². The number of carbonyl (C=O) groups is 2. The summed E-state index contributed by atoms with van der Waals surface area (Å²) in [6.07, 6.45) is 6.47. The first-order valence-electron chi connectivity index (χ1n) is 11.6. The Labute approximate surface area is 189 Å². The minimum atomic E-state index is -0.115. The van der Waals surface area contributed by atoms with Crippen LogP contribution in [-0.2, 0) is 9.59 Å². The summed E-state index contributed by atoms with van der Waals surface area (Å²) in [4.78, 5) is 31.2. The van der Waals surface area contributed by atoms with Crippen LogP contribution in [0.3, 0.4) is 0 Å². The van der Waals surface area contributed by atoms with Gasteiger partial charge in [0.15, 0.2) is 0 Å². The van der Waals surface area contributed by atoms with E-state index in [1.807, 2.05) is 29.6 Å². The minimum Gasteiger partial charge on any atom is -0.343 e. The van der Waals surface area contributed by atoms with Gasteiger partial charge in [0.25, 0.3) is 0 Å². The first kappa shape index (κ1) is 22.0. The largest absolute Gasteiger partial charge is 0.343 e. The van der Waals surface area contributed by atoms with E-state index in [4.69, 9.17) is 0 Å². The van der Waals surface area contributed by atoms with Crippen LogP contribution >= 0.6 is 11.3 Å². The second kappa shape index (κ2) is 10.9. The number of hydrogen-bond donors (Lipinski definition) is 1. The standard InChI is InChI=1S/C25H33N3O2S/c29-23(26-24(22-11-8-18-31-22)20-9-4-3-5-10-20)19-27-16-12-21(13-17-27)25(30)28-14-6-1-2-7-15-28/h3-5,8-11,18,21,24H,1-2,6-7,12-17,19H2,(H,26,29). The lowest BCUT2D eigenvalue weighted by atomic mass is 9.95. The van der Waals surface area contributed by atoms with Gasteiger partial charge >= 0.3 is 0 Å². The smallest absolute Gasteiger partial charge is 0.234 e. The lowest BCUT2D eigenvalue weighted by Crippen LogP contribution is -2.46. The SMILES string of the molecule is O=C(CN1CCC(C(=O)N2CCCCCC2)CC1)NC(c1ccccc1)c1cccs1. The molecule has 2 aromatic rings. The molecule has 3 heterocycles. The molecule has 2 aliphatic rings. The summed E-state index contributed by atoms with van der Waals surface area (Å²) in [6, 6.07) is 14.1. The zero-order chi connectivity index (χ0) is 21.5. The van der Waals surface area contributed by atoms with Crippen molar-refractivity contribution in [3.05, 3.63) is 58.3 Å². The molecule has 2 amide bonds. The van der Waals surface area contributed by atoms with Gasteiger partial charge in [-0.2, -0.15) is 0 Å². The highest BCUT2D eigenvalue weighted by molar-refractivity contribution is 7.10. The fourth-order valence-corrected chi connectivity index (χ4v) is 5.52. The number of hydrogen-bond acceptors (Lipinski definition) is 4. The molecular formula is C25H33N3O2S. The maximum absolute atomic E-state index is 12.9. The zero-order valence-electron chi connectivity index (χ0n) is 18.2. The van der Waals surface area contributed by atoms with Gasteiger partial charge in [0.2, 0.25) is 11.8 Å². The fourth-order valence-electron chi connectivity index (χ4n) is 4.72. The van der Waals surface area contributed by atoms with Crippen molar-refractivity contribution in [3.8, 4) is 0 Å². The highest BCUT2D eigenvalue weighted by Crippen LogP contribution is 2.26. The van der Waals surface area contributed by atoms with Gasteiger partial charge in [-0.15, -0.1) is 11.3 Å². The summed E-state index contributed by atoms with van der Waals surface area (Å²) in [5.74, 6) is 0.507. The summed E-state index contributed by atoms with van der Waals surface area (Å²) in [6.45, 7) is 3.86. The van der Waals surface area contributed by atoms with E-state index < -0.39 is 0 Å². The van der Waals surface area contributed by atoms with Crippen LogP contribution < -0.4 is 5.32 Å². The van der Waals surface area contributed by atoms with E-state index in [1.54, 1.807) is 11.3 Å². The molecule has 6 heteroatoms. The molecule has 4 rings (SSSR count). The van der Waals surface area contributed by atoms with Gasteiger partial charge in [0.05, 0.1) is 12.6 Å². The summed E-state index contributed by atoms with van der Waals surface area (Å²) in [7, 11) is 0. The quantitative estimate of drug-likeness (QED) is 0.738. The molecule has 5 nitrogen and oxygen atoms in total. The third-order valence-corrected chi connectivity index (χ3v) is 7.42. The van der Waals surface area contributed by atoms with E-state index >= 15 is 0 Å². The van der Waals surface area contributed by atoms with Gasteiger partial charge in [-0.05, 0) is 55.8 Å². The van der Waals surface area contributed by atoms with Crippen molar-refractivity contribution < 1.29 is 9.59 Å². The van der Waals surface area contributed by atoms with Crippen molar-refractivity contribution >= 4 is 23.2 Å². The maximum Gasteiger partial charge on any atom is 0.234 e. The van der Waals surface area contributed by atoms with Crippen LogP contribution in [0.4, 0.5) is 0 Å². The molecule has 0 aliphatic carbocycles. The average molecular weight is 440 g/mol. The van der Waals surface area contributed by atoms with Gasteiger partial charge in [-0.25, -0.2) is 0 Å². The molecule has 0 bridgehead atoms. The van der Waals surface area contributed by atoms with Crippen molar-refractivity contribution in [1.29, 1.82) is 0 Å². The summed E-state index contributed by atoms with van der Waals surface area (Å²) >= 11 is 1.66. The number of nitrogens with one attached hydrogen (secondary N) is 1. The number of piperidine rings is 1. The van der Waals surface area contributed by atoms with Crippen LogP contribution in [0, 0.1) is 5.92 Å². The first-order valence-corrected chi connectivity index (χ1v) is 12.5. The monoisotopic (exact) mass is 439 g/mol. The van der Waals surface area contributed by atoms with E-state index in [-0.39, 0.29) is 17.9 Å². The van der Waals surface area contributed by atoms with E-state index in [1.165, 1.54) is 12.8 Å². The number of amides is 2. The maximum atomic E-state index is 12.9. The summed E-state index contributed by atoms with van der Waals surface area (Å²) in [5, 5.41) is 5.28. The predicted molar refractivity (Wildman–Crippen MR) is 125 cm³/mol. The van der Waals surface area contributed by atoms with E-state index in [0.717, 1.165) is 62.3 Å². The number of thiophene rings is 1. The van der Waals surface area contributed by atoms with Crippen LogP contribution in [0.15, 0.2) is 47.8 Å². The number of likely N-dealkylation sites (tertiary alicyclic amines) is 2. The molecular weight excluding hydrogens is 406 g/mol. The normalized spacial score (nSPS) is 19.5. The Hall–Kier alpha value is -2.18. The van der Waals surface area contributed by atoms with Crippen molar-refractivity contribution in [3.63, 3.8) is 0 Å². The van der Waals surface area contributed by atoms with Gasteiger partial charge in [0, 0.05) is 23.9 Å². The molecule has 31 heavy (non-hydrogen) atoms. The molecule has 2 aliphatic heterocycles. The Morgan fingerprint density at radius 2 is 1.65 bits per heavy atom. The second-order valence-electron chi connectivity index (χ2n) is 8.72. The number of carbonyl (C=O) groups excluding carboxylic acids is 2. The Morgan fingerprint density at radius 1 is 0.935 bits per heavy atom. The molecule has 0 saturated carbocycles. The van der Waals surface area contributed by atoms with Crippen molar-refractivity contribution in [2.75, 3.05) is 32.7 Å². The van der Waals surface area contributed by atoms with Crippen molar-refractivity contribution in [2.24, 2.45) is 5.92 Å². The number of nitrogens with zero attached hydrogens (tertiary/aromatic N) is 2. The van der Waals surface area contributed by atoms with Crippen LogP contribution in [0.25, 0.3) is 0 Å². The summed E-state index contributed by atoms with van der Waals surface area (Å²) in [5.41, 5.74) is 1.10. The van der Waals surface area contributed by atoms with Crippen LogP contribution in [0.5, 0.6) is 0 Å². The number of benzene rings is 1. The topological polar surface area (TPSA) is 52.7 Å². The molecule has 166 valence electrons. The lowest BCUT2D eigenvalue weighted by molar-refractivity contribution is -0.137. The van der Waals surface area contributed by atoms with Crippen molar-refractivity contribution in [1.82, 2.24) is 15.1 Å². The number of rotatable bonds is 6. The molecule has 1 aromatic carbocycles. The van der Waals surface area contributed by atoms with E-state index in [0.29, 0.717) is 12.5 Å². The Balaban J connectivity index is 1.29. The molecule has 1 aromatic heterocycles. The second-order valence-corrected chi connectivity index (χ2v) is 9.70. The van der Waals surface area contributed by atoms with Gasteiger partial charge in [-0.1, -0.05) is 49.2 Å². The molecule has 1 unspecified atom stereocenters. The highest BCUT2D eigenvalue weighted by atomic mass is 32.1. The molecule has 1 atom stereocenters. The van der Waals surface area contributed by atoms with E-state index in [2.05, 4.69) is 33.3 Å². The van der Waals surface area contributed by atoms with Crippen LogP contribution in [0.2, 0.25) is 0 Å².